The lowest BCUT2D eigenvalue weighted by molar-refractivity contribution is -0.0172. The van der Waals surface area contributed by atoms with Gasteiger partial charge in [-0.05, 0) is 55.2 Å². The van der Waals surface area contributed by atoms with Crippen LogP contribution in [0.1, 0.15) is 34.0 Å². The Labute approximate surface area is 182 Å². The van der Waals surface area contributed by atoms with E-state index >= 15 is 0 Å². The van der Waals surface area contributed by atoms with E-state index in [0.717, 1.165) is 29.7 Å². The molecule has 0 saturated heterocycles. The molecule has 2 aromatic rings. The number of hydrogen-bond donors (Lipinski definition) is 3. The lowest BCUT2D eigenvalue weighted by Gasteiger charge is -2.20. The van der Waals surface area contributed by atoms with Crippen LogP contribution < -0.4 is 20.7 Å². The Bertz CT molecular complexity index is 933. The summed E-state index contributed by atoms with van der Waals surface area (Å²) in [6, 6.07) is 10.5. The first-order chi connectivity index (χ1) is 15.1. The molecule has 0 fully saturated rings. The van der Waals surface area contributed by atoms with Gasteiger partial charge in [0.25, 0.3) is 5.91 Å². The van der Waals surface area contributed by atoms with Gasteiger partial charge in [0, 0.05) is 37.8 Å². The molecule has 2 aromatic carbocycles. The van der Waals surface area contributed by atoms with Crippen LogP contribution in [0, 0.1) is 5.82 Å². The van der Waals surface area contributed by atoms with E-state index < -0.39 is 0 Å². The molecule has 3 rings (SSSR count). The van der Waals surface area contributed by atoms with Gasteiger partial charge in [-0.1, -0.05) is 12.1 Å². The van der Waals surface area contributed by atoms with Gasteiger partial charge < -0.3 is 25.4 Å². The lowest BCUT2D eigenvalue weighted by atomic mass is 10.1. The van der Waals surface area contributed by atoms with Crippen LogP contribution in [0.4, 0.5) is 4.39 Å². The highest BCUT2D eigenvalue weighted by atomic mass is 19.1. The monoisotopic (exact) mass is 428 g/mol. The fourth-order valence-electron chi connectivity index (χ4n) is 3.41. The zero-order chi connectivity index (χ0) is 22.1. The highest BCUT2D eigenvalue weighted by Crippen LogP contribution is 2.29. The van der Waals surface area contributed by atoms with Gasteiger partial charge >= 0.3 is 0 Å². The number of aliphatic imine (C=N–C) groups is 1. The molecule has 7 nitrogen and oxygen atoms in total. The van der Waals surface area contributed by atoms with Gasteiger partial charge in [-0.15, -0.1) is 0 Å². The summed E-state index contributed by atoms with van der Waals surface area (Å²) in [4.78, 5) is 16.4. The second-order valence-electron chi connectivity index (χ2n) is 7.13. The number of halogens is 1. The van der Waals surface area contributed by atoms with Crippen molar-refractivity contribution in [2.24, 2.45) is 4.99 Å². The zero-order valence-corrected chi connectivity index (χ0v) is 18.0. The Balaban J connectivity index is 1.56. The van der Waals surface area contributed by atoms with Crippen molar-refractivity contribution in [1.29, 1.82) is 0 Å². The molecule has 8 heteroatoms. The second kappa shape index (κ2) is 11.3. The van der Waals surface area contributed by atoms with E-state index in [1.807, 2.05) is 25.1 Å². The van der Waals surface area contributed by atoms with E-state index in [1.54, 1.807) is 13.1 Å². The van der Waals surface area contributed by atoms with Gasteiger partial charge in [0.2, 0.25) is 0 Å². The highest BCUT2D eigenvalue weighted by Gasteiger charge is 2.16. The molecule has 1 aliphatic heterocycles. The van der Waals surface area contributed by atoms with Crippen molar-refractivity contribution in [2.45, 2.75) is 26.4 Å². The molecule has 31 heavy (non-hydrogen) atoms. The molecular formula is C23H29FN4O3. The number of guanidine groups is 1. The zero-order valence-electron chi connectivity index (χ0n) is 18.0. The normalized spacial score (nSPS) is 13.2. The van der Waals surface area contributed by atoms with Crippen molar-refractivity contribution in [2.75, 3.05) is 33.5 Å². The molecule has 0 radical (unpaired) electrons. The number of hydrogen-bond acceptors (Lipinski definition) is 4. The second-order valence-corrected chi connectivity index (χ2v) is 7.13. The molecule has 1 aliphatic rings. The topological polar surface area (TPSA) is 84.0 Å². The molecule has 0 aliphatic carbocycles. The van der Waals surface area contributed by atoms with Gasteiger partial charge in [0.15, 0.2) is 12.8 Å². The highest BCUT2D eigenvalue weighted by molar-refractivity contribution is 5.94. The van der Waals surface area contributed by atoms with Crippen molar-refractivity contribution in [3.8, 4) is 5.75 Å². The van der Waals surface area contributed by atoms with Crippen LogP contribution in [0.25, 0.3) is 0 Å². The minimum Gasteiger partial charge on any atom is -0.467 e. The molecular weight excluding hydrogens is 399 g/mol. The Hall–Kier alpha value is -3.13. The van der Waals surface area contributed by atoms with E-state index in [0.29, 0.717) is 43.4 Å². The molecule has 0 bridgehead atoms. The number of amides is 1. The van der Waals surface area contributed by atoms with Crippen molar-refractivity contribution in [3.05, 3.63) is 64.5 Å². The number of carbonyl (C=O) groups is 1. The van der Waals surface area contributed by atoms with E-state index in [9.17, 15) is 9.18 Å². The molecule has 0 spiro atoms. The molecule has 166 valence electrons. The van der Waals surface area contributed by atoms with Gasteiger partial charge in [0.05, 0.1) is 6.61 Å². The van der Waals surface area contributed by atoms with Crippen LogP contribution in [0.15, 0.2) is 41.4 Å². The summed E-state index contributed by atoms with van der Waals surface area (Å²) in [5.41, 5.74) is 3.24. The Kier molecular flexibility index (Phi) is 8.23. The first kappa shape index (κ1) is 22.6. The van der Waals surface area contributed by atoms with Gasteiger partial charge in [0.1, 0.15) is 11.6 Å². The van der Waals surface area contributed by atoms with Crippen molar-refractivity contribution >= 4 is 11.9 Å². The third-order valence-electron chi connectivity index (χ3n) is 4.87. The summed E-state index contributed by atoms with van der Waals surface area (Å²) in [5.74, 6) is 1.01. The predicted octanol–water partition coefficient (Wildman–Crippen LogP) is 2.39. The molecule has 1 amide bonds. The number of ether oxygens (including phenoxy) is 2. The molecule has 1 heterocycles. The molecule has 0 aromatic heterocycles. The average molecular weight is 429 g/mol. The average Bonchev–Trinajstić information content (AvgIpc) is 2.78. The van der Waals surface area contributed by atoms with Crippen LogP contribution in [-0.4, -0.2) is 45.3 Å². The maximum atomic E-state index is 13.9. The fourth-order valence-corrected chi connectivity index (χ4v) is 3.41. The van der Waals surface area contributed by atoms with Crippen LogP contribution in [-0.2, 0) is 24.2 Å². The van der Waals surface area contributed by atoms with Crippen LogP contribution >= 0.6 is 0 Å². The summed E-state index contributed by atoms with van der Waals surface area (Å²) >= 11 is 0. The van der Waals surface area contributed by atoms with E-state index in [2.05, 4.69) is 20.9 Å². The van der Waals surface area contributed by atoms with Crippen molar-refractivity contribution in [1.82, 2.24) is 16.0 Å². The number of rotatable bonds is 8. The van der Waals surface area contributed by atoms with Crippen molar-refractivity contribution in [3.63, 3.8) is 0 Å². The Morgan fingerprint density at radius 3 is 2.87 bits per heavy atom. The maximum Gasteiger partial charge on any atom is 0.251 e. The van der Waals surface area contributed by atoms with Crippen molar-refractivity contribution < 1.29 is 18.7 Å². The van der Waals surface area contributed by atoms with Gasteiger partial charge in [-0.3, -0.25) is 9.79 Å². The third kappa shape index (κ3) is 6.42. The number of carbonyl (C=O) groups excluding carboxylic acids is 1. The summed E-state index contributed by atoms with van der Waals surface area (Å²) < 4.78 is 24.7. The summed E-state index contributed by atoms with van der Waals surface area (Å²) in [6.45, 7) is 4.42. The number of fused-ring (bicyclic) bond motifs is 1. The molecule has 0 unspecified atom stereocenters. The maximum absolute atomic E-state index is 13.9. The Morgan fingerprint density at radius 1 is 1.19 bits per heavy atom. The van der Waals surface area contributed by atoms with Crippen LogP contribution in [0.3, 0.4) is 0 Å². The van der Waals surface area contributed by atoms with E-state index in [4.69, 9.17) is 9.47 Å². The van der Waals surface area contributed by atoms with E-state index in [-0.39, 0.29) is 18.5 Å². The first-order valence-electron chi connectivity index (χ1n) is 10.5. The Morgan fingerprint density at radius 2 is 2.06 bits per heavy atom. The minimum absolute atomic E-state index is 0.0974. The quantitative estimate of drug-likeness (QED) is 0.444. The fraction of sp³-hybridized carbons (Fsp3) is 0.391. The predicted molar refractivity (Wildman–Crippen MR) is 118 cm³/mol. The molecule has 0 atom stereocenters. The summed E-state index contributed by atoms with van der Waals surface area (Å²) in [6.07, 6.45) is 1.31. The SMILES string of the molecule is CCNC(=NCCc1cc(F)cc2c1OCOC2)NCCc1cccc(C(=O)NC)c1. The third-order valence-corrected chi connectivity index (χ3v) is 4.87. The summed E-state index contributed by atoms with van der Waals surface area (Å²) in [5, 5.41) is 9.16. The summed E-state index contributed by atoms with van der Waals surface area (Å²) in [7, 11) is 1.62. The number of benzene rings is 2. The smallest absolute Gasteiger partial charge is 0.251 e. The minimum atomic E-state index is -0.296. The molecule has 0 saturated carbocycles. The standard InChI is InChI=1S/C23H29FN4O3/c1-3-26-23(27-9-7-16-5-4-6-18(11-16)22(29)25-2)28-10-8-17-12-20(24)13-19-14-30-15-31-21(17)19/h4-6,11-13H,3,7-10,14-15H2,1-2H3,(H,25,29)(H2,26,27,28). The van der Waals surface area contributed by atoms with Gasteiger partial charge in [-0.2, -0.15) is 0 Å². The van der Waals surface area contributed by atoms with E-state index in [1.165, 1.54) is 12.1 Å². The van der Waals surface area contributed by atoms with Crippen LogP contribution in [0.2, 0.25) is 0 Å². The van der Waals surface area contributed by atoms with Gasteiger partial charge in [-0.25, -0.2) is 4.39 Å². The van der Waals surface area contributed by atoms with Crippen LogP contribution in [0.5, 0.6) is 5.75 Å². The lowest BCUT2D eigenvalue weighted by Crippen LogP contribution is -2.38. The molecule has 3 N–H and O–H groups in total. The number of nitrogens with zero attached hydrogens (tertiary/aromatic N) is 1. The first-order valence-corrected chi connectivity index (χ1v) is 10.5. The largest absolute Gasteiger partial charge is 0.467 e. The number of nitrogens with one attached hydrogen (secondary N) is 3.